The van der Waals surface area contributed by atoms with E-state index < -0.39 is 91.7 Å². The Morgan fingerprint density at radius 1 is 0.759 bits per heavy atom. The van der Waals surface area contributed by atoms with Gasteiger partial charge in [0.25, 0.3) is 0 Å². The Labute approximate surface area is 321 Å². The zero-order chi connectivity index (χ0) is 39.7. The fraction of sp³-hybridized carbons (Fsp3) is 0.905. The molecule has 12 heteroatoms. The van der Waals surface area contributed by atoms with Crippen molar-refractivity contribution in [1.29, 1.82) is 0 Å². The van der Waals surface area contributed by atoms with E-state index in [2.05, 4.69) is 60.6 Å². The number of ether oxygens (including phenoxy) is 4. The van der Waals surface area contributed by atoms with Gasteiger partial charge in [-0.05, 0) is 125 Å². The molecule has 0 unspecified atom stereocenters. The first-order valence-corrected chi connectivity index (χ1v) is 20.6. The van der Waals surface area contributed by atoms with Crippen LogP contribution < -0.4 is 0 Å². The summed E-state index contributed by atoms with van der Waals surface area (Å²) < 4.78 is 25.2. The van der Waals surface area contributed by atoms with E-state index in [-0.39, 0.29) is 40.4 Å². The monoisotopic (exact) mass is 766 g/mol. The number of hydrogen-bond donors (Lipinski definition) is 8. The Hall–Kier alpha value is -1.00. The highest BCUT2D eigenvalue weighted by Gasteiger charge is 2.69. The molecule has 0 amide bonds. The smallest absolute Gasteiger partial charge is 0.187 e. The minimum atomic E-state index is -1.67. The fourth-order valence-electron chi connectivity index (χ4n) is 12.6. The predicted octanol–water partition coefficient (Wildman–Crippen LogP) is 2.95. The second kappa shape index (κ2) is 16.0. The van der Waals surface area contributed by atoms with Crippen molar-refractivity contribution in [1.82, 2.24) is 0 Å². The molecule has 54 heavy (non-hydrogen) atoms. The SMILES string of the molecule is CC[C@]1(C)[C@H]2[C@H](O[C@@H]3O[C@H](CO)[C@@H](O)[C@H](O)[C@H]3O[C@@H]3O[C@@H](C)[C@H](O)[C@@H](O)[C@H]3O)C[C@@H]3[C@@H](C[C@H](O)[C@H]4[C@@H](/C(C)=C\CC=C(C)C)CC[C@@]43C)[C@@]2(C)CC[C@H]1O. The molecule has 310 valence electrons. The van der Waals surface area contributed by atoms with Gasteiger partial charge < -0.3 is 59.8 Å². The summed E-state index contributed by atoms with van der Waals surface area (Å²) in [5, 5.41) is 88.3. The third-order valence-corrected chi connectivity index (χ3v) is 15.8. The standard InChI is InChI=1S/C42H70O12/c1-9-40(6)29(45)14-16-42(8)24-17-26(44)30-23(21(4)12-10-11-20(2)3)13-15-41(30,7)25(24)18-27(37(40)42)52-39-36(34(49)32(47)28(19-43)53-39)54-38-35(50)33(48)31(46)22(5)51-38/h11-12,22-39,43-50H,9-10,13-19H2,1-8H3/b21-12-/t22-,23+,24+,25+,26-,27+,28+,29+,30+,31-,32+,33+,34-,35+,36+,37+,38-,39+,40-,41+,42+/m0/s1. The van der Waals surface area contributed by atoms with Gasteiger partial charge in [0.1, 0.15) is 42.7 Å². The quantitative estimate of drug-likeness (QED) is 0.126. The molecule has 6 fully saturated rings. The van der Waals surface area contributed by atoms with Gasteiger partial charge in [-0.1, -0.05) is 51.0 Å². The first kappa shape index (κ1) is 42.6. The van der Waals surface area contributed by atoms with Gasteiger partial charge in [-0.2, -0.15) is 0 Å². The minimum absolute atomic E-state index is 0.0701. The van der Waals surface area contributed by atoms with Crippen LogP contribution in [0.5, 0.6) is 0 Å². The van der Waals surface area contributed by atoms with E-state index in [1.807, 2.05) is 0 Å². The van der Waals surface area contributed by atoms with Crippen LogP contribution in [0.4, 0.5) is 0 Å². The van der Waals surface area contributed by atoms with E-state index in [0.717, 1.165) is 25.7 Å². The van der Waals surface area contributed by atoms with E-state index in [9.17, 15) is 40.9 Å². The van der Waals surface area contributed by atoms with Crippen LogP contribution in [0.2, 0.25) is 0 Å². The summed E-state index contributed by atoms with van der Waals surface area (Å²) in [5.41, 5.74) is 1.50. The van der Waals surface area contributed by atoms with E-state index in [1.165, 1.54) is 18.1 Å². The molecular formula is C42H70O12. The van der Waals surface area contributed by atoms with Gasteiger partial charge in [0.2, 0.25) is 0 Å². The van der Waals surface area contributed by atoms with Crippen molar-refractivity contribution in [3.8, 4) is 0 Å². The van der Waals surface area contributed by atoms with Gasteiger partial charge in [0.15, 0.2) is 12.6 Å². The highest BCUT2D eigenvalue weighted by atomic mass is 16.8. The molecule has 2 aliphatic heterocycles. The van der Waals surface area contributed by atoms with Crippen molar-refractivity contribution in [3.63, 3.8) is 0 Å². The molecule has 2 saturated heterocycles. The molecule has 0 radical (unpaired) electrons. The Morgan fingerprint density at radius 3 is 2.07 bits per heavy atom. The summed E-state index contributed by atoms with van der Waals surface area (Å²) in [6.07, 6.45) is -5.05. The van der Waals surface area contributed by atoms with Gasteiger partial charge in [0.05, 0.1) is 31.0 Å². The van der Waals surface area contributed by atoms with Crippen LogP contribution >= 0.6 is 0 Å². The van der Waals surface area contributed by atoms with Crippen LogP contribution in [0.1, 0.15) is 107 Å². The maximum Gasteiger partial charge on any atom is 0.187 e. The fourth-order valence-corrected chi connectivity index (χ4v) is 12.6. The van der Waals surface area contributed by atoms with E-state index in [0.29, 0.717) is 25.7 Å². The Balaban J connectivity index is 1.37. The maximum absolute atomic E-state index is 12.2. The lowest BCUT2D eigenvalue weighted by molar-refractivity contribution is -0.379. The normalized spacial score (nSPS) is 53.7. The topological polar surface area (TPSA) is 199 Å². The highest BCUT2D eigenvalue weighted by Crippen LogP contribution is 2.71. The maximum atomic E-state index is 12.2. The average Bonchev–Trinajstić information content (AvgIpc) is 3.50. The van der Waals surface area contributed by atoms with Crippen LogP contribution in [-0.2, 0) is 18.9 Å². The van der Waals surface area contributed by atoms with Crippen LogP contribution in [0.3, 0.4) is 0 Å². The third kappa shape index (κ3) is 7.10. The van der Waals surface area contributed by atoms with Crippen molar-refractivity contribution in [3.05, 3.63) is 23.3 Å². The minimum Gasteiger partial charge on any atom is -0.394 e. The predicted molar refractivity (Wildman–Crippen MR) is 199 cm³/mol. The number of hydrogen-bond acceptors (Lipinski definition) is 12. The van der Waals surface area contributed by atoms with Crippen molar-refractivity contribution in [2.75, 3.05) is 6.61 Å². The average molecular weight is 767 g/mol. The molecule has 0 spiro atoms. The number of fused-ring (bicyclic) bond motifs is 5. The van der Waals surface area contributed by atoms with Crippen LogP contribution in [0.25, 0.3) is 0 Å². The summed E-state index contributed by atoms with van der Waals surface area (Å²) >= 11 is 0. The molecule has 21 atom stereocenters. The van der Waals surface area contributed by atoms with Crippen LogP contribution in [0.15, 0.2) is 23.3 Å². The van der Waals surface area contributed by atoms with Gasteiger partial charge >= 0.3 is 0 Å². The molecule has 12 nitrogen and oxygen atoms in total. The largest absolute Gasteiger partial charge is 0.394 e. The lowest BCUT2D eigenvalue weighted by Gasteiger charge is -2.68. The number of aliphatic hydroxyl groups excluding tert-OH is 8. The van der Waals surface area contributed by atoms with Gasteiger partial charge in [-0.15, -0.1) is 0 Å². The molecule has 4 saturated carbocycles. The molecule has 2 heterocycles. The first-order chi connectivity index (χ1) is 25.3. The Morgan fingerprint density at radius 2 is 1.43 bits per heavy atom. The summed E-state index contributed by atoms with van der Waals surface area (Å²) in [4.78, 5) is 0. The van der Waals surface area contributed by atoms with E-state index >= 15 is 0 Å². The highest BCUT2D eigenvalue weighted by molar-refractivity contribution is 5.21. The zero-order valence-electron chi connectivity index (χ0n) is 33.6. The summed E-state index contributed by atoms with van der Waals surface area (Å²) in [5.74, 6) is 0.473. The van der Waals surface area contributed by atoms with Gasteiger partial charge in [-0.25, -0.2) is 0 Å². The van der Waals surface area contributed by atoms with Gasteiger partial charge in [0, 0.05) is 0 Å². The first-order valence-electron chi connectivity index (χ1n) is 20.6. The Kier molecular flexibility index (Phi) is 12.6. The lowest BCUT2D eigenvalue weighted by atomic mass is 9.38. The summed E-state index contributed by atoms with van der Waals surface area (Å²) in [7, 11) is 0. The molecule has 8 N–H and O–H groups in total. The molecular weight excluding hydrogens is 696 g/mol. The molecule has 0 bridgehead atoms. The van der Waals surface area contributed by atoms with Crippen LogP contribution in [-0.4, -0.2) is 127 Å². The molecule has 4 aliphatic carbocycles. The summed E-state index contributed by atoms with van der Waals surface area (Å²) in [6.45, 7) is 16.2. The number of aliphatic hydroxyl groups is 8. The third-order valence-electron chi connectivity index (χ3n) is 15.8. The van der Waals surface area contributed by atoms with Crippen molar-refractivity contribution in [2.45, 2.75) is 186 Å². The molecule has 0 aromatic rings. The van der Waals surface area contributed by atoms with Crippen molar-refractivity contribution in [2.24, 2.45) is 45.8 Å². The molecule has 6 aliphatic rings. The van der Waals surface area contributed by atoms with Crippen LogP contribution in [0, 0.1) is 45.8 Å². The van der Waals surface area contributed by atoms with E-state index in [4.69, 9.17) is 18.9 Å². The van der Waals surface area contributed by atoms with Gasteiger partial charge in [-0.3, -0.25) is 0 Å². The molecule has 0 aromatic heterocycles. The van der Waals surface area contributed by atoms with E-state index in [1.54, 1.807) is 0 Å². The number of allylic oxidation sites excluding steroid dienone is 4. The summed E-state index contributed by atoms with van der Waals surface area (Å²) in [6, 6.07) is 0. The second-order valence-electron chi connectivity index (χ2n) is 19.0. The van der Waals surface area contributed by atoms with Crippen molar-refractivity contribution >= 4 is 0 Å². The van der Waals surface area contributed by atoms with Crippen molar-refractivity contribution < 1.29 is 59.8 Å². The zero-order valence-corrected chi connectivity index (χ0v) is 33.6. The number of rotatable bonds is 9. The Bertz CT molecular complexity index is 1370. The molecule has 0 aromatic carbocycles. The second-order valence-corrected chi connectivity index (χ2v) is 19.0. The lowest BCUT2D eigenvalue weighted by Crippen LogP contribution is -2.68. The molecule has 6 rings (SSSR count).